The molecule has 3 atom stereocenters. The van der Waals surface area contributed by atoms with Crippen LogP contribution in [-0.4, -0.2) is 182 Å². The van der Waals surface area contributed by atoms with Gasteiger partial charge in [-0.25, -0.2) is 64.8 Å². The zero-order valence-electron chi connectivity index (χ0n) is 58.2. The van der Waals surface area contributed by atoms with Crippen LogP contribution in [0.15, 0.2) is 37.6 Å². The van der Waals surface area contributed by atoms with E-state index in [1.54, 1.807) is 18.6 Å². The van der Waals surface area contributed by atoms with Crippen LogP contribution in [0.5, 0.6) is 0 Å². The Morgan fingerprint density at radius 1 is 0.500 bits per heavy atom. The third-order valence-electron chi connectivity index (χ3n) is 16.0. The second-order valence-electron chi connectivity index (χ2n) is 28.0. The van der Waals surface area contributed by atoms with Gasteiger partial charge in [-0.05, 0) is 75.9 Å². The standard InChI is InChI=1S/C22H30ClN7O2.C21H27ClN8O.C13H17ClN4O3.C8H14N4.C2H4O2/c1-22(2,3)21-26-9-15(24)16(29-21)8-14(31)11-30-6-4-5-13(10-30)7-17(32)19-18(23)20(25)28-12-27-19;1-21(2,3)20-24-8-13-19(29-20)28-15(27-13)10-30-6-4-5-12(9-30)7-14(31)17-16(22)18(23)26-11-25-17;14-11-12(16-7-17-13(11)15)9(19)4-8-2-1-3-18(5-8)6-10(20)21;1-8(2,3)7-11-4-5(9)6(10)12-7;1-2(3)4/h9,12-13H,4-8,10-11,24H2,1-3H3,(H2,25,27,28);8,11-12H,4-7,9-10H2,1-3H3,(H2,23,25,26)(H,24,27,28,29);7-8H,1-6H2,(H,20,21)(H2,15,16,17);4H,9H2,1-3H3,(H2,10,11,12);1H3,(H,3,4). The number of nitrogens with two attached hydrogens (primary N) is 6. The number of carbonyl (C=O) groups is 6. The Morgan fingerprint density at radius 2 is 0.880 bits per heavy atom. The van der Waals surface area contributed by atoms with Crippen molar-refractivity contribution in [2.45, 2.75) is 156 Å². The number of H-pyrrole nitrogens is 1. The van der Waals surface area contributed by atoms with Crippen LogP contribution in [0, 0.1) is 17.8 Å². The lowest BCUT2D eigenvalue weighted by Gasteiger charge is -2.32. The molecule has 3 unspecified atom stereocenters. The van der Waals surface area contributed by atoms with Crippen molar-refractivity contribution in [1.82, 2.24) is 84.5 Å². The summed E-state index contributed by atoms with van der Waals surface area (Å²) in [6, 6.07) is 0. The van der Waals surface area contributed by atoms with E-state index in [4.69, 9.17) is 84.2 Å². The summed E-state index contributed by atoms with van der Waals surface area (Å²) in [7, 11) is 0. The highest BCUT2D eigenvalue weighted by Crippen LogP contribution is 2.31. The fraction of sp³-hybridized carbons (Fsp3) is 0.530. The summed E-state index contributed by atoms with van der Waals surface area (Å²) in [5, 5.41) is 16.6. The number of imidazole rings is 1. The molecule has 100 heavy (non-hydrogen) atoms. The predicted molar refractivity (Wildman–Crippen MR) is 382 cm³/mol. The van der Waals surface area contributed by atoms with Gasteiger partial charge in [-0.15, -0.1) is 0 Å². The number of rotatable bonds is 17. The van der Waals surface area contributed by atoms with Gasteiger partial charge in [0.05, 0.1) is 61.7 Å². The highest BCUT2D eigenvalue weighted by atomic mass is 35.5. The molecule has 0 amide bonds. The molecule has 0 spiro atoms. The van der Waals surface area contributed by atoms with Crippen molar-refractivity contribution in [2.75, 3.05) is 86.8 Å². The van der Waals surface area contributed by atoms with Crippen molar-refractivity contribution in [3.63, 3.8) is 0 Å². The largest absolute Gasteiger partial charge is 0.481 e. The van der Waals surface area contributed by atoms with Gasteiger partial charge in [-0.1, -0.05) is 97.1 Å². The fourth-order valence-electron chi connectivity index (χ4n) is 11.1. The Labute approximate surface area is 595 Å². The second-order valence-corrected chi connectivity index (χ2v) is 29.1. The zero-order chi connectivity index (χ0) is 74.0. The van der Waals surface area contributed by atoms with Gasteiger partial charge >= 0.3 is 5.97 Å². The number of aromatic amines is 1. The number of carbonyl (C=O) groups excluding carboxylic acids is 4. The lowest BCUT2D eigenvalue weighted by atomic mass is 9.91. The molecule has 0 saturated carbocycles. The van der Waals surface area contributed by atoms with Gasteiger partial charge in [0.1, 0.15) is 103 Å². The molecule has 10 rings (SSSR count). The van der Waals surface area contributed by atoms with Crippen LogP contribution < -0.4 is 34.4 Å². The number of carboxylic acids is 2. The number of aliphatic carboxylic acids is 2. The maximum Gasteiger partial charge on any atom is 0.317 e. The number of fused-ring (bicyclic) bond motifs is 1. The topological polar surface area (TPSA) is 492 Å². The number of piperidine rings is 3. The van der Waals surface area contributed by atoms with E-state index in [9.17, 15) is 24.0 Å². The number of anilines is 6. The highest BCUT2D eigenvalue weighted by Gasteiger charge is 2.31. The van der Waals surface area contributed by atoms with Gasteiger partial charge in [-0.3, -0.25) is 43.5 Å². The van der Waals surface area contributed by atoms with Crippen LogP contribution in [0.2, 0.25) is 15.1 Å². The van der Waals surface area contributed by atoms with E-state index in [0.717, 1.165) is 88.8 Å². The second kappa shape index (κ2) is 35.9. The van der Waals surface area contributed by atoms with Crippen molar-refractivity contribution in [3.8, 4) is 0 Å². The molecule has 31 nitrogen and oxygen atoms in total. The minimum Gasteiger partial charge on any atom is -0.481 e. The number of halogens is 3. The monoisotopic (exact) mass is 1440 g/mol. The van der Waals surface area contributed by atoms with Gasteiger partial charge in [0.25, 0.3) is 5.97 Å². The molecule has 0 radical (unpaired) electrons. The van der Waals surface area contributed by atoms with Crippen molar-refractivity contribution in [3.05, 3.63) is 98.7 Å². The predicted octanol–water partition coefficient (Wildman–Crippen LogP) is 7.75. The Morgan fingerprint density at radius 3 is 1.30 bits per heavy atom. The normalized spacial score (nSPS) is 16.8. The van der Waals surface area contributed by atoms with Gasteiger partial charge in [0.15, 0.2) is 28.8 Å². The quantitative estimate of drug-likeness (QED) is 0.0393. The van der Waals surface area contributed by atoms with Crippen LogP contribution in [-0.2, 0) is 43.6 Å². The Kier molecular flexibility index (Phi) is 28.8. The molecule has 0 bridgehead atoms. The summed E-state index contributed by atoms with van der Waals surface area (Å²) in [4.78, 5) is 134. The molecule has 3 saturated heterocycles. The SMILES string of the molecule is CC(=O)O.CC(C)(C)c1ncc(N)c(CC(=O)CN2CCCC(CC(=O)c3ncnc(N)c3Cl)C2)n1.CC(C)(C)c1ncc(N)c(N)n1.CC(C)(C)c1ncc2[nH]c(CN3CCCC(CC(=O)c4ncnc(N)c4Cl)C3)nc2n1.Nc1ncnc(C(=O)CC2CCCN(CC(=O)O)C2)c1Cl. The molecule has 3 aliphatic heterocycles. The number of nitrogen functional groups attached to an aromatic ring is 6. The number of nitrogens with one attached hydrogen (secondary N) is 1. The lowest BCUT2D eigenvalue weighted by Crippen LogP contribution is -2.40. The van der Waals surface area contributed by atoms with Gasteiger partial charge in [0, 0.05) is 62.1 Å². The summed E-state index contributed by atoms with van der Waals surface area (Å²) in [5.41, 5.74) is 37.0. The van der Waals surface area contributed by atoms with Crippen LogP contribution in [0.4, 0.5) is 34.6 Å². The van der Waals surface area contributed by atoms with Crippen molar-refractivity contribution in [1.29, 1.82) is 0 Å². The first-order valence-electron chi connectivity index (χ1n) is 32.6. The molecule has 34 heteroatoms. The summed E-state index contributed by atoms with van der Waals surface area (Å²) in [6.45, 7) is 25.0. The third-order valence-corrected chi connectivity index (χ3v) is 17.1. The first-order chi connectivity index (χ1) is 46.9. The van der Waals surface area contributed by atoms with E-state index in [2.05, 4.69) is 100 Å². The minimum absolute atomic E-state index is 0.00585. The fourth-order valence-corrected chi connectivity index (χ4v) is 11.7. The van der Waals surface area contributed by atoms with Crippen LogP contribution in [0.25, 0.3) is 11.2 Å². The Bertz CT molecular complexity index is 4010. The minimum atomic E-state index is -0.853. The summed E-state index contributed by atoms with van der Waals surface area (Å²) in [6.07, 6.45) is 15.4. The first-order valence-corrected chi connectivity index (χ1v) is 33.7. The highest BCUT2D eigenvalue weighted by molar-refractivity contribution is 6.36. The van der Waals surface area contributed by atoms with E-state index in [-0.39, 0.29) is 126 Å². The van der Waals surface area contributed by atoms with E-state index in [0.29, 0.717) is 79.2 Å². The van der Waals surface area contributed by atoms with Crippen molar-refractivity contribution in [2.24, 2.45) is 17.8 Å². The van der Waals surface area contributed by atoms with Crippen LogP contribution >= 0.6 is 34.8 Å². The molecule has 7 aromatic heterocycles. The lowest BCUT2D eigenvalue weighted by molar-refractivity contribution is -0.139. The molecule has 0 aliphatic carbocycles. The Hall–Kier alpha value is -8.88. The van der Waals surface area contributed by atoms with E-state index in [1.807, 2.05) is 46.4 Å². The Balaban J connectivity index is 0.000000216. The first kappa shape index (κ1) is 80.1. The number of likely N-dealkylation sites (tertiary alicyclic amines) is 3. The average molecular weight is 1440 g/mol. The molecule has 3 aliphatic rings. The van der Waals surface area contributed by atoms with E-state index in [1.165, 1.54) is 19.0 Å². The summed E-state index contributed by atoms with van der Waals surface area (Å²) in [5.74, 6) is 2.05. The number of hydrogen-bond donors (Lipinski definition) is 9. The molecule has 10 heterocycles. The molecular weight excluding hydrogens is 1350 g/mol. The average Bonchev–Trinajstić information content (AvgIpc) is 1.62. The van der Waals surface area contributed by atoms with E-state index < -0.39 is 11.9 Å². The summed E-state index contributed by atoms with van der Waals surface area (Å²) < 4.78 is 0. The molecule has 0 aromatic carbocycles. The van der Waals surface area contributed by atoms with Crippen molar-refractivity contribution >= 4 is 116 Å². The number of ketones is 4. The molecule has 15 N–H and O–H groups in total. The smallest absolute Gasteiger partial charge is 0.317 e. The number of hydrogen-bond acceptors (Lipinski definition) is 28. The third kappa shape index (κ3) is 24.5. The van der Waals surface area contributed by atoms with E-state index >= 15 is 0 Å². The van der Waals surface area contributed by atoms with Gasteiger partial charge in [0.2, 0.25) is 0 Å². The van der Waals surface area contributed by atoms with Gasteiger partial charge in [-0.2, -0.15) is 0 Å². The molecule has 3 fully saturated rings. The van der Waals surface area contributed by atoms with Crippen molar-refractivity contribution < 1.29 is 39.0 Å². The number of aromatic nitrogens is 14. The zero-order valence-corrected chi connectivity index (χ0v) is 60.5. The van der Waals surface area contributed by atoms with Crippen LogP contribution in [0.3, 0.4) is 0 Å². The molecule has 540 valence electrons. The maximum absolute atomic E-state index is 12.8. The molecular formula is C66H92Cl3N23O8. The molecule has 7 aromatic rings. The number of nitrogens with zero attached hydrogens (tertiary/aromatic N) is 16. The van der Waals surface area contributed by atoms with Crippen LogP contribution in [0.1, 0.15) is 187 Å². The number of Topliss-reactive ketones (excluding diaryl/α,β-unsaturated/α-hetero) is 4. The maximum atomic E-state index is 12.8. The summed E-state index contributed by atoms with van der Waals surface area (Å²) >= 11 is 18.1. The van der Waals surface area contributed by atoms with Gasteiger partial charge < -0.3 is 49.6 Å². The number of carboxylic acid groups (broad SMARTS) is 2.